The van der Waals surface area contributed by atoms with Crippen LogP contribution in [0.15, 0.2) is 0 Å². The Bertz CT molecular complexity index is 185. The Hall–Kier alpha value is -0.0800. The summed E-state index contributed by atoms with van der Waals surface area (Å²) in [5, 5.41) is 0. The summed E-state index contributed by atoms with van der Waals surface area (Å²) in [5.74, 6) is 0. The van der Waals surface area contributed by atoms with Gasteiger partial charge in [0.15, 0.2) is 0 Å². The summed E-state index contributed by atoms with van der Waals surface area (Å²) in [7, 11) is 0. The Balaban J connectivity index is 2.44. The molecule has 1 rings (SSSR count). The van der Waals surface area contributed by atoms with Crippen molar-refractivity contribution in [3.8, 4) is 0 Å². The lowest BCUT2D eigenvalue weighted by molar-refractivity contribution is 0.0336. The van der Waals surface area contributed by atoms with E-state index in [4.69, 9.17) is 0 Å². The molecule has 0 saturated carbocycles. The molecule has 96 valence electrons. The van der Waals surface area contributed by atoms with Crippen molar-refractivity contribution in [2.24, 2.45) is 0 Å². The fourth-order valence-electron chi connectivity index (χ4n) is 2.92. The van der Waals surface area contributed by atoms with Crippen LogP contribution in [-0.2, 0) is 0 Å². The van der Waals surface area contributed by atoms with Gasteiger partial charge in [0.2, 0.25) is 0 Å². The summed E-state index contributed by atoms with van der Waals surface area (Å²) < 4.78 is 0. The van der Waals surface area contributed by atoms with E-state index >= 15 is 0 Å². The van der Waals surface area contributed by atoms with Crippen molar-refractivity contribution < 1.29 is 0 Å². The van der Waals surface area contributed by atoms with Gasteiger partial charge >= 0.3 is 0 Å². The normalized spacial score (nSPS) is 23.2. The van der Waals surface area contributed by atoms with E-state index in [0.29, 0.717) is 5.54 Å². The number of nitrogens with zero attached hydrogens (tertiary/aromatic N) is 2. The van der Waals surface area contributed by atoms with Crippen LogP contribution < -0.4 is 0 Å². The Morgan fingerprint density at radius 3 is 2.00 bits per heavy atom. The first kappa shape index (κ1) is 14.0. The SMILES string of the molecule is CCCN1CCN(C(C)(CC)CCC)CC1. The molecule has 1 aliphatic heterocycles. The first-order valence-corrected chi connectivity index (χ1v) is 7.13. The molecule has 1 saturated heterocycles. The number of hydrogen-bond acceptors (Lipinski definition) is 2. The number of piperazine rings is 1. The molecule has 0 aromatic rings. The van der Waals surface area contributed by atoms with Crippen molar-refractivity contribution in [1.82, 2.24) is 9.80 Å². The third-order valence-corrected chi connectivity index (χ3v) is 4.23. The summed E-state index contributed by atoms with van der Waals surface area (Å²) in [4.78, 5) is 5.33. The van der Waals surface area contributed by atoms with E-state index in [0.717, 1.165) is 0 Å². The van der Waals surface area contributed by atoms with Crippen molar-refractivity contribution in [2.45, 2.75) is 58.9 Å². The second-order valence-electron chi connectivity index (χ2n) is 5.43. The van der Waals surface area contributed by atoms with E-state index < -0.39 is 0 Å². The summed E-state index contributed by atoms with van der Waals surface area (Å²) in [6.45, 7) is 15.7. The van der Waals surface area contributed by atoms with Gasteiger partial charge in [0.1, 0.15) is 0 Å². The van der Waals surface area contributed by atoms with Crippen molar-refractivity contribution in [3.05, 3.63) is 0 Å². The highest BCUT2D eigenvalue weighted by Gasteiger charge is 2.31. The minimum Gasteiger partial charge on any atom is -0.301 e. The highest BCUT2D eigenvalue weighted by molar-refractivity contribution is 4.87. The van der Waals surface area contributed by atoms with Crippen LogP contribution in [0.25, 0.3) is 0 Å². The van der Waals surface area contributed by atoms with Crippen molar-refractivity contribution in [1.29, 1.82) is 0 Å². The van der Waals surface area contributed by atoms with E-state index in [9.17, 15) is 0 Å². The summed E-state index contributed by atoms with van der Waals surface area (Å²) >= 11 is 0. The first-order valence-electron chi connectivity index (χ1n) is 7.13. The van der Waals surface area contributed by atoms with Crippen LogP contribution in [0.4, 0.5) is 0 Å². The molecule has 0 spiro atoms. The maximum atomic E-state index is 2.72. The van der Waals surface area contributed by atoms with Gasteiger partial charge in [-0.3, -0.25) is 4.90 Å². The third kappa shape index (κ3) is 3.46. The zero-order valence-electron chi connectivity index (χ0n) is 11.8. The fraction of sp³-hybridized carbons (Fsp3) is 1.00. The van der Waals surface area contributed by atoms with Crippen LogP contribution in [-0.4, -0.2) is 48.1 Å². The Kier molecular flexibility index (Phi) is 5.77. The van der Waals surface area contributed by atoms with Gasteiger partial charge < -0.3 is 4.90 Å². The molecule has 1 heterocycles. The molecule has 1 fully saturated rings. The average Bonchev–Trinajstić information content (AvgIpc) is 2.30. The largest absolute Gasteiger partial charge is 0.301 e. The molecule has 0 aromatic carbocycles. The molecule has 1 unspecified atom stereocenters. The van der Waals surface area contributed by atoms with Crippen LogP contribution in [0.2, 0.25) is 0 Å². The summed E-state index contributed by atoms with van der Waals surface area (Å²) in [6.07, 6.45) is 5.23. The van der Waals surface area contributed by atoms with Gasteiger partial charge in [0.25, 0.3) is 0 Å². The smallest absolute Gasteiger partial charge is 0.0179 e. The summed E-state index contributed by atoms with van der Waals surface area (Å²) in [5.41, 5.74) is 0.451. The highest BCUT2D eigenvalue weighted by atomic mass is 15.3. The van der Waals surface area contributed by atoms with E-state index in [2.05, 4.69) is 37.5 Å². The van der Waals surface area contributed by atoms with E-state index in [-0.39, 0.29) is 0 Å². The monoisotopic (exact) mass is 226 g/mol. The highest BCUT2D eigenvalue weighted by Crippen LogP contribution is 2.26. The average molecular weight is 226 g/mol. The van der Waals surface area contributed by atoms with Gasteiger partial charge in [-0.1, -0.05) is 27.2 Å². The van der Waals surface area contributed by atoms with Crippen molar-refractivity contribution in [3.63, 3.8) is 0 Å². The van der Waals surface area contributed by atoms with Gasteiger partial charge in [-0.2, -0.15) is 0 Å². The predicted octanol–water partition coefficient (Wildman–Crippen LogP) is 2.98. The molecule has 0 amide bonds. The van der Waals surface area contributed by atoms with E-state index in [1.165, 1.54) is 58.4 Å². The second-order valence-corrected chi connectivity index (χ2v) is 5.43. The minimum atomic E-state index is 0.451. The van der Waals surface area contributed by atoms with Crippen LogP contribution >= 0.6 is 0 Å². The zero-order chi connectivity index (χ0) is 12.0. The Morgan fingerprint density at radius 2 is 1.56 bits per heavy atom. The van der Waals surface area contributed by atoms with Gasteiger partial charge in [0.05, 0.1) is 0 Å². The number of rotatable bonds is 6. The summed E-state index contributed by atoms with van der Waals surface area (Å²) in [6, 6.07) is 0. The quantitative estimate of drug-likeness (QED) is 0.687. The third-order valence-electron chi connectivity index (χ3n) is 4.23. The first-order chi connectivity index (χ1) is 7.66. The van der Waals surface area contributed by atoms with Crippen LogP contribution in [0.5, 0.6) is 0 Å². The van der Waals surface area contributed by atoms with E-state index in [1.54, 1.807) is 0 Å². The Labute approximate surface area is 102 Å². The molecule has 1 aliphatic rings. The molecule has 0 aromatic heterocycles. The molecule has 2 nitrogen and oxygen atoms in total. The molecule has 0 radical (unpaired) electrons. The fourth-order valence-corrected chi connectivity index (χ4v) is 2.92. The lowest BCUT2D eigenvalue weighted by atomic mass is 9.90. The minimum absolute atomic E-state index is 0.451. The zero-order valence-corrected chi connectivity index (χ0v) is 11.8. The molecule has 2 heteroatoms. The van der Waals surface area contributed by atoms with Gasteiger partial charge in [-0.05, 0) is 32.7 Å². The van der Waals surface area contributed by atoms with Crippen molar-refractivity contribution in [2.75, 3.05) is 32.7 Å². The van der Waals surface area contributed by atoms with Crippen molar-refractivity contribution >= 4 is 0 Å². The number of hydrogen-bond donors (Lipinski definition) is 0. The second kappa shape index (κ2) is 6.61. The van der Waals surface area contributed by atoms with Gasteiger partial charge in [0, 0.05) is 31.7 Å². The molecule has 0 bridgehead atoms. The maximum Gasteiger partial charge on any atom is 0.0179 e. The maximum absolute atomic E-state index is 2.72. The lowest BCUT2D eigenvalue weighted by Crippen LogP contribution is -2.55. The van der Waals surface area contributed by atoms with Crippen LogP contribution in [0.3, 0.4) is 0 Å². The topological polar surface area (TPSA) is 6.48 Å². The molecule has 16 heavy (non-hydrogen) atoms. The molecule has 0 aliphatic carbocycles. The molecular weight excluding hydrogens is 196 g/mol. The van der Waals surface area contributed by atoms with Gasteiger partial charge in [-0.25, -0.2) is 0 Å². The predicted molar refractivity (Wildman–Crippen MR) is 71.9 cm³/mol. The van der Waals surface area contributed by atoms with Gasteiger partial charge in [-0.15, -0.1) is 0 Å². The Morgan fingerprint density at radius 1 is 0.938 bits per heavy atom. The van der Waals surface area contributed by atoms with E-state index in [1.807, 2.05) is 0 Å². The standard InChI is InChI=1S/C14H30N2/c1-5-8-14(4,7-3)16-12-10-15(9-6-2)11-13-16/h5-13H2,1-4H3. The lowest BCUT2D eigenvalue weighted by Gasteiger charge is -2.46. The van der Waals surface area contributed by atoms with Crippen LogP contribution in [0.1, 0.15) is 53.4 Å². The molecule has 0 N–H and O–H groups in total. The molecule has 1 atom stereocenters. The van der Waals surface area contributed by atoms with Crippen LogP contribution in [0, 0.1) is 0 Å². The molecular formula is C14H30N2.